The number of hydrogen-bond acceptors (Lipinski definition) is 4. The van der Waals surface area contributed by atoms with Gasteiger partial charge < -0.3 is 10.4 Å². The zero-order valence-electron chi connectivity index (χ0n) is 11.0. The van der Waals surface area contributed by atoms with Crippen LogP contribution in [0.2, 0.25) is 0 Å². The third kappa shape index (κ3) is 3.48. The predicted octanol–water partition coefficient (Wildman–Crippen LogP) is 3.95. The Kier molecular flexibility index (Phi) is 4.41. The highest BCUT2D eigenvalue weighted by Crippen LogP contribution is 2.29. The fourth-order valence-electron chi connectivity index (χ4n) is 1.90. The summed E-state index contributed by atoms with van der Waals surface area (Å²) in [6.07, 6.45) is 0. The van der Waals surface area contributed by atoms with E-state index in [2.05, 4.69) is 5.32 Å². The van der Waals surface area contributed by atoms with Gasteiger partial charge in [0.2, 0.25) is 0 Å². The molecule has 0 aromatic heterocycles. The lowest BCUT2D eigenvalue weighted by molar-refractivity contribution is -0.384. The van der Waals surface area contributed by atoms with Crippen molar-refractivity contribution in [1.29, 1.82) is 0 Å². The first kappa shape index (κ1) is 15.2. The Morgan fingerprint density at radius 2 is 2.00 bits per heavy atom. The minimum atomic E-state index is -1.00. The molecule has 0 heterocycles. The molecule has 0 unspecified atom stereocenters. The molecule has 0 aliphatic heterocycles. The normalized spacial score (nSPS) is 10.2. The lowest BCUT2D eigenvalue weighted by atomic mass is 10.1. The number of aromatic carboxylic acids is 1. The Morgan fingerprint density at radius 1 is 1.29 bits per heavy atom. The van der Waals surface area contributed by atoms with Crippen LogP contribution in [0.15, 0.2) is 36.4 Å². The predicted molar refractivity (Wildman–Crippen MR) is 87.2 cm³/mol. The van der Waals surface area contributed by atoms with E-state index >= 15 is 0 Å². The van der Waals surface area contributed by atoms with Gasteiger partial charge in [0.1, 0.15) is 5.69 Å². The summed E-state index contributed by atoms with van der Waals surface area (Å²) < 4.78 is 0.766. The summed E-state index contributed by atoms with van der Waals surface area (Å²) in [5, 5.41) is 23.0. The number of hydrogen-bond donors (Lipinski definition) is 2. The average Bonchev–Trinajstić information content (AvgIpc) is 2.40. The molecule has 2 N–H and O–H groups in total. The summed E-state index contributed by atoms with van der Waals surface area (Å²) in [7, 11) is 0. The molecule has 6 nitrogen and oxygen atoms in total. The maximum absolute atomic E-state index is 11.1. The number of halogens is 1. The van der Waals surface area contributed by atoms with Gasteiger partial charge in [-0.05, 0) is 65.4 Å². The van der Waals surface area contributed by atoms with Gasteiger partial charge in [0.25, 0.3) is 5.69 Å². The summed E-state index contributed by atoms with van der Waals surface area (Å²) in [5.41, 5.74) is 1.73. The van der Waals surface area contributed by atoms with E-state index in [0.717, 1.165) is 3.57 Å². The second-order valence-corrected chi connectivity index (χ2v) is 5.62. The number of nitro groups is 1. The summed E-state index contributed by atoms with van der Waals surface area (Å²) >= 11 is 2.01. The van der Waals surface area contributed by atoms with Gasteiger partial charge in [-0.2, -0.15) is 0 Å². The minimum Gasteiger partial charge on any atom is -0.478 e. The van der Waals surface area contributed by atoms with Crippen molar-refractivity contribution in [3.63, 3.8) is 0 Å². The van der Waals surface area contributed by atoms with E-state index in [1.165, 1.54) is 12.1 Å². The number of nitrogens with zero attached hydrogens (tertiary/aromatic N) is 1. The minimum absolute atomic E-state index is 0.0261. The maximum atomic E-state index is 11.1. The Labute approximate surface area is 134 Å². The fourth-order valence-corrected chi connectivity index (χ4v) is 2.37. The van der Waals surface area contributed by atoms with E-state index in [1.54, 1.807) is 31.2 Å². The van der Waals surface area contributed by atoms with Gasteiger partial charge in [-0.25, -0.2) is 4.79 Å². The highest BCUT2D eigenvalue weighted by atomic mass is 127. The molecule has 0 radical (unpaired) electrons. The highest BCUT2D eigenvalue weighted by molar-refractivity contribution is 14.1. The van der Waals surface area contributed by atoms with E-state index in [1.807, 2.05) is 22.6 Å². The second kappa shape index (κ2) is 6.08. The van der Waals surface area contributed by atoms with Gasteiger partial charge >= 0.3 is 5.97 Å². The quantitative estimate of drug-likeness (QED) is 0.462. The van der Waals surface area contributed by atoms with Crippen LogP contribution in [0.25, 0.3) is 0 Å². The summed E-state index contributed by atoms with van der Waals surface area (Å²) in [4.78, 5) is 21.6. The Bertz CT molecular complexity index is 731. The largest absolute Gasteiger partial charge is 0.478 e. The molecule has 0 saturated carbocycles. The molecule has 2 rings (SSSR count). The number of anilines is 2. The molecule has 0 fully saturated rings. The first-order chi connectivity index (χ1) is 9.88. The van der Waals surface area contributed by atoms with Gasteiger partial charge in [0.05, 0.1) is 10.5 Å². The van der Waals surface area contributed by atoms with Crippen LogP contribution in [-0.4, -0.2) is 16.0 Å². The molecule has 2 aromatic carbocycles. The van der Waals surface area contributed by atoms with Crippen LogP contribution in [0.3, 0.4) is 0 Å². The van der Waals surface area contributed by atoms with Crippen molar-refractivity contribution in [1.82, 2.24) is 0 Å². The number of aryl methyl sites for hydroxylation is 1. The molecule has 0 saturated heterocycles. The topological polar surface area (TPSA) is 92.5 Å². The lowest BCUT2D eigenvalue weighted by Crippen LogP contribution is -2.01. The number of carbonyl (C=O) groups is 1. The van der Waals surface area contributed by atoms with Crippen molar-refractivity contribution in [2.75, 3.05) is 5.32 Å². The van der Waals surface area contributed by atoms with Crippen LogP contribution < -0.4 is 5.32 Å². The maximum Gasteiger partial charge on any atom is 0.335 e. The molecule has 2 aromatic rings. The van der Waals surface area contributed by atoms with Gasteiger partial charge in [-0.15, -0.1) is 0 Å². The van der Waals surface area contributed by atoms with E-state index in [0.29, 0.717) is 16.9 Å². The van der Waals surface area contributed by atoms with Crippen LogP contribution in [-0.2, 0) is 0 Å². The van der Waals surface area contributed by atoms with E-state index in [4.69, 9.17) is 5.11 Å². The molecule has 0 amide bonds. The average molecular weight is 398 g/mol. The van der Waals surface area contributed by atoms with Crippen LogP contribution in [0.1, 0.15) is 15.9 Å². The van der Waals surface area contributed by atoms with Crippen molar-refractivity contribution in [2.24, 2.45) is 0 Å². The van der Waals surface area contributed by atoms with Crippen LogP contribution >= 0.6 is 22.6 Å². The van der Waals surface area contributed by atoms with Crippen molar-refractivity contribution in [3.05, 3.63) is 61.2 Å². The molecule has 108 valence electrons. The van der Waals surface area contributed by atoms with Crippen LogP contribution in [0.5, 0.6) is 0 Å². The van der Waals surface area contributed by atoms with Gasteiger partial charge in [0.15, 0.2) is 0 Å². The smallest absolute Gasteiger partial charge is 0.335 e. The molecule has 0 aliphatic rings. The first-order valence-electron chi connectivity index (χ1n) is 5.93. The summed E-state index contributed by atoms with van der Waals surface area (Å²) in [5.74, 6) is -1.00. The standard InChI is InChI=1S/C14H11IN2O4/c1-8-6-10(3-4-11(8)14(18)19)16-12-5-2-9(15)7-13(12)17(20)21/h2-7,16H,1H3,(H,18,19). The number of rotatable bonds is 4. The molecule has 0 aliphatic carbocycles. The third-order valence-corrected chi connectivity index (χ3v) is 3.56. The SMILES string of the molecule is Cc1cc(Nc2ccc(I)cc2[N+](=O)[O-])ccc1C(=O)O. The molecule has 0 spiro atoms. The van der Waals surface area contributed by atoms with Crippen molar-refractivity contribution >= 4 is 45.6 Å². The number of nitrogens with one attached hydrogen (secondary N) is 1. The molecular weight excluding hydrogens is 387 g/mol. The van der Waals surface area contributed by atoms with Crippen molar-refractivity contribution < 1.29 is 14.8 Å². The van der Waals surface area contributed by atoms with Crippen LogP contribution in [0, 0.1) is 20.6 Å². The van der Waals surface area contributed by atoms with E-state index in [-0.39, 0.29) is 11.3 Å². The highest BCUT2D eigenvalue weighted by Gasteiger charge is 2.15. The number of carboxylic acids is 1. The van der Waals surface area contributed by atoms with E-state index < -0.39 is 10.9 Å². The van der Waals surface area contributed by atoms with Crippen molar-refractivity contribution in [3.8, 4) is 0 Å². The Balaban J connectivity index is 2.37. The van der Waals surface area contributed by atoms with Crippen LogP contribution in [0.4, 0.5) is 17.1 Å². The Morgan fingerprint density at radius 3 is 2.57 bits per heavy atom. The third-order valence-electron chi connectivity index (χ3n) is 2.89. The first-order valence-corrected chi connectivity index (χ1v) is 7.01. The molecule has 7 heteroatoms. The van der Waals surface area contributed by atoms with Gasteiger partial charge in [-0.3, -0.25) is 10.1 Å². The molecule has 0 atom stereocenters. The Hall–Kier alpha value is -2.16. The zero-order valence-corrected chi connectivity index (χ0v) is 13.1. The molecular formula is C14H11IN2O4. The summed E-state index contributed by atoms with van der Waals surface area (Å²) in [6, 6.07) is 9.55. The number of nitro benzene ring substituents is 1. The monoisotopic (exact) mass is 398 g/mol. The fraction of sp³-hybridized carbons (Fsp3) is 0.0714. The molecule has 0 bridgehead atoms. The number of carboxylic acid groups (broad SMARTS) is 1. The zero-order chi connectivity index (χ0) is 15.6. The number of benzene rings is 2. The lowest BCUT2D eigenvalue weighted by Gasteiger charge is -2.09. The summed E-state index contributed by atoms with van der Waals surface area (Å²) in [6.45, 7) is 1.68. The van der Waals surface area contributed by atoms with Gasteiger partial charge in [0, 0.05) is 15.3 Å². The van der Waals surface area contributed by atoms with Crippen molar-refractivity contribution in [2.45, 2.75) is 6.92 Å². The van der Waals surface area contributed by atoms with Gasteiger partial charge in [-0.1, -0.05) is 0 Å². The van der Waals surface area contributed by atoms with E-state index in [9.17, 15) is 14.9 Å². The second-order valence-electron chi connectivity index (χ2n) is 4.38. The molecule has 21 heavy (non-hydrogen) atoms.